The highest BCUT2D eigenvalue weighted by molar-refractivity contribution is 5.69. The van der Waals surface area contributed by atoms with E-state index in [4.69, 9.17) is 0 Å². The summed E-state index contributed by atoms with van der Waals surface area (Å²) in [6, 6.07) is 8.07. The summed E-state index contributed by atoms with van der Waals surface area (Å²) in [6.07, 6.45) is 1.74. The van der Waals surface area contributed by atoms with Crippen LogP contribution in [0.4, 0.5) is 16.0 Å². The van der Waals surface area contributed by atoms with Gasteiger partial charge in [-0.25, -0.2) is 14.4 Å². The van der Waals surface area contributed by atoms with Crippen LogP contribution in [0.25, 0.3) is 11.3 Å². The van der Waals surface area contributed by atoms with Gasteiger partial charge in [0.15, 0.2) is 0 Å². The van der Waals surface area contributed by atoms with E-state index < -0.39 is 0 Å². The van der Waals surface area contributed by atoms with Gasteiger partial charge in [-0.15, -0.1) is 0 Å². The Balaban J connectivity index is 1.88. The fourth-order valence-electron chi connectivity index (χ4n) is 3.25. The van der Waals surface area contributed by atoms with Gasteiger partial charge in [0.1, 0.15) is 5.82 Å². The molecule has 6 heteroatoms. The van der Waals surface area contributed by atoms with Crippen LogP contribution in [0.3, 0.4) is 0 Å². The van der Waals surface area contributed by atoms with Crippen molar-refractivity contribution in [1.29, 1.82) is 0 Å². The molecule has 0 aliphatic carbocycles. The first-order valence-corrected chi connectivity index (χ1v) is 9.28. The van der Waals surface area contributed by atoms with E-state index in [9.17, 15) is 4.39 Å². The van der Waals surface area contributed by atoms with Crippen molar-refractivity contribution in [3.8, 4) is 11.3 Å². The second-order valence-corrected chi connectivity index (χ2v) is 6.59. The normalized spacial score (nSPS) is 11.2. The van der Waals surface area contributed by atoms with Crippen LogP contribution >= 0.6 is 0 Å². The number of aryl methyl sites for hydroxylation is 1. The van der Waals surface area contributed by atoms with E-state index in [-0.39, 0.29) is 5.82 Å². The molecule has 0 saturated carbocycles. The van der Waals surface area contributed by atoms with Gasteiger partial charge in [-0.05, 0) is 62.8 Å². The second-order valence-electron chi connectivity index (χ2n) is 6.59. The summed E-state index contributed by atoms with van der Waals surface area (Å²) in [5, 5.41) is 3.13. The molecule has 3 rings (SSSR count). The Kier molecular flexibility index (Phi) is 5.86. The van der Waals surface area contributed by atoms with Gasteiger partial charge < -0.3 is 10.3 Å². The molecule has 0 bridgehead atoms. The third-order valence-corrected chi connectivity index (χ3v) is 4.83. The van der Waals surface area contributed by atoms with Gasteiger partial charge in [-0.1, -0.05) is 13.8 Å². The van der Waals surface area contributed by atoms with E-state index >= 15 is 0 Å². The largest absolute Gasteiger partial charge is 0.361 e. The maximum atomic E-state index is 13.1. The molecule has 0 fully saturated rings. The van der Waals surface area contributed by atoms with Gasteiger partial charge in [0, 0.05) is 35.4 Å². The lowest BCUT2D eigenvalue weighted by atomic mass is 10.1. The highest BCUT2D eigenvalue weighted by Crippen LogP contribution is 2.29. The Morgan fingerprint density at radius 3 is 2.44 bits per heavy atom. The first-order valence-electron chi connectivity index (χ1n) is 9.28. The molecule has 0 spiro atoms. The van der Waals surface area contributed by atoms with Gasteiger partial charge >= 0.3 is 0 Å². The first kappa shape index (κ1) is 19.0. The van der Waals surface area contributed by atoms with Crippen molar-refractivity contribution in [2.75, 3.05) is 18.4 Å². The maximum Gasteiger partial charge on any atom is 0.227 e. The Morgan fingerprint density at radius 1 is 1.07 bits per heavy atom. The Labute approximate surface area is 159 Å². The van der Waals surface area contributed by atoms with Crippen LogP contribution in [0.15, 0.2) is 36.5 Å². The molecule has 2 aromatic heterocycles. The molecular weight excluding hydrogens is 341 g/mol. The highest BCUT2D eigenvalue weighted by atomic mass is 19.1. The van der Waals surface area contributed by atoms with Crippen molar-refractivity contribution in [2.24, 2.45) is 0 Å². The number of hydrogen-bond acceptors (Lipinski definition) is 4. The third-order valence-electron chi connectivity index (χ3n) is 4.83. The number of hydrogen-bond donors (Lipinski definition) is 2. The minimum absolute atomic E-state index is 0.269. The molecule has 3 aromatic rings. The van der Waals surface area contributed by atoms with E-state index in [0.29, 0.717) is 5.95 Å². The fraction of sp³-hybridized carbons (Fsp3) is 0.333. The molecule has 0 saturated heterocycles. The van der Waals surface area contributed by atoms with E-state index in [2.05, 4.69) is 52.9 Å². The summed E-state index contributed by atoms with van der Waals surface area (Å²) < 4.78 is 13.1. The van der Waals surface area contributed by atoms with Crippen molar-refractivity contribution in [3.05, 3.63) is 59.3 Å². The predicted molar refractivity (Wildman–Crippen MR) is 108 cm³/mol. The van der Waals surface area contributed by atoms with Crippen LogP contribution in [0.1, 0.15) is 30.8 Å². The SMILES string of the molecule is CCN(CC)Cc1[nH]c(C)c(-c2ccnc(Nc3ccc(F)cc3)n2)c1C. The molecule has 0 aliphatic rings. The maximum absolute atomic E-state index is 13.1. The Morgan fingerprint density at radius 2 is 1.78 bits per heavy atom. The van der Waals surface area contributed by atoms with Crippen molar-refractivity contribution in [3.63, 3.8) is 0 Å². The van der Waals surface area contributed by atoms with Crippen molar-refractivity contribution < 1.29 is 4.39 Å². The Bertz CT molecular complexity index is 897. The molecular formula is C21H26FN5. The standard InChI is InChI=1S/C21H26FN5/c1-5-27(6-2)13-19-14(3)20(15(4)24-19)18-11-12-23-21(26-18)25-17-9-7-16(22)8-10-17/h7-12,24H,5-6,13H2,1-4H3,(H,23,25,26). The van der Waals surface area contributed by atoms with Gasteiger partial charge in [-0.3, -0.25) is 4.90 Å². The number of nitrogens with zero attached hydrogens (tertiary/aromatic N) is 3. The average molecular weight is 367 g/mol. The lowest BCUT2D eigenvalue weighted by Crippen LogP contribution is -2.22. The lowest BCUT2D eigenvalue weighted by Gasteiger charge is -2.17. The summed E-state index contributed by atoms with van der Waals surface area (Å²) in [5.74, 6) is 0.221. The van der Waals surface area contributed by atoms with Crippen LogP contribution in [0.2, 0.25) is 0 Å². The van der Waals surface area contributed by atoms with E-state index in [1.54, 1.807) is 18.3 Å². The number of benzene rings is 1. The van der Waals surface area contributed by atoms with E-state index in [0.717, 1.165) is 42.3 Å². The predicted octanol–water partition coefficient (Wildman–Crippen LogP) is 4.81. The van der Waals surface area contributed by atoms with Crippen LogP contribution in [-0.4, -0.2) is 32.9 Å². The average Bonchev–Trinajstić information content (AvgIpc) is 2.95. The number of aromatic amines is 1. The number of H-pyrrole nitrogens is 1. The third kappa shape index (κ3) is 4.34. The van der Waals surface area contributed by atoms with Gasteiger partial charge in [0.05, 0.1) is 5.69 Å². The van der Waals surface area contributed by atoms with Crippen LogP contribution in [-0.2, 0) is 6.54 Å². The molecule has 27 heavy (non-hydrogen) atoms. The zero-order valence-electron chi connectivity index (χ0n) is 16.3. The van der Waals surface area contributed by atoms with Crippen LogP contribution in [0, 0.1) is 19.7 Å². The first-order chi connectivity index (χ1) is 13.0. The van der Waals surface area contributed by atoms with Crippen molar-refractivity contribution in [1.82, 2.24) is 19.9 Å². The summed E-state index contributed by atoms with van der Waals surface area (Å²) in [7, 11) is 0. The topological polar surface area (TPSA) is 56.8 Å². The molecule has 2 N–H and O–H groups in total. The molecule has 1 aromatic carbocycles. The van der Waals surface area contributed by atoms with Crippen LogP contribution in [0.5, 0.6) is 0 Å². The molecule has 0 atom stereocenters. The molecule has 0 unspecified atom stereocenters. The van der Waals surface area contributed by atoms with Crippen molar-refractivity contribution >= 4 is 11.6 Å². The smallest absolute Gasteiger partial charge is 0.227 e. The van der Waals surface area contributed by atoms with E-state index in [1.807, 2.05) is 6.07 Å². The number of anilines is 2. The molecule has 142 valence electrons. The molecule has 5 nitrogen and oxygen atoms in total. The zero-order chi connectivity index (χ0) is 19.4. The number of halogens is 1. The fourth-order valence-corrected chi connectivity index (χ4v) is 3.25. The summed E-state index contributed by atoms with van der Waals surface area (Å²) in [6.45, 7) is 11.5. The zero-order valence-corrected chi connectivity index (χ0v) is 16.3. The lowest BCUT2D eigenvalue weighted by molar-refractivity contribution is 0.292. The molecule has 0 amide bonds. The highest BCUT2D eigenvalue weighted by Gasteiger charge is 2.16. The van der Waals surface area contributed by atoms with Gasteiger partial charge in [0.25, 0.3) is 0 Å². The monoisotopic (exact) mass is 367 g/mol. The molecule has 0 radical (unpaired) electrons. The minimum atomic E-state index is -0.269. The second kappa shape index (κ2) is 8.31. The van der Waals surface area contributed by atoms with Crippen molar-refractivity contribution in [2.45, 2.75) is 34.2 Å². The van der Waals surface area contributed by atoms with Gasteiger partial charge in [-0.2, -0.15) is 0 Å². The number of nitrogens with one attached hydrogen (secondary N) is 2. The van der Waals surface area contributed by atoms with E-state index in [1.165, 1.54) is 23.4 Å². The van der Waals surface area contributed by atoms with Crippen LogP contribution < -0.4 is 5.32 Å². The Hall–Kier alpha value is -2.73. The van der Waals surface area contributed by atoms with Gasteiger partial charge in [0.2, 0.25) is 5.95 Å². The number of rotatable bonds is 7. The summed E-state index contributed by atoms with van der Waals surface area (Å²) >= 11 is 0. The molecule has 0 aliphatic heterocycles. The minimum Gasteiger partial charge on any atom is -0.361 e. The summed E-state index contributed by atoms with van der Waals surface area (Å²) in [4.78, 5) is 14.9. The quantitative estimate of drug-likeness (QED) is 0.629. The number of aromatic nitrogens is 3. The molecule has 2 heterocycles. The summed E-state index contributed by atoms with van der Waals surface area (Å²) in [5.41, 5.74) is 6.26.